The number of aliphatic carboxylic acids is 1. The van der Waals surface area contributed by atoms with Crippen LogP contribution in [0.5, 0.6) is 0 Å². The number of carbonyl (C=O) groups excluding carboxylic acids is 1. The number of aliphatic hydroxyl groups is 1. The molecule has 2 aliphatic carbocycles. The largest absolute Gasteiger partial charge is 0.481 e. The monoisotopic (exact) mass is 269 g/mol. The lowest BCUT2D eigenvalue weighted by Gasteiger charge is -2.31. The second kappa shape index (κ2) is 6.37. The molecule has 108 valence electrons. The summed E-state index contributed by atoms with van der Waals surface area (Å²) in [4.78, 5) is 23.4. The van der Waals surface area contributed by atoms with E-state index in [9.17, 15) is 19.8 Å². The molecule has 2 fully saturated rings. The molecule has 0 bridgehead atoms. The third-order valence-electron chi connectivity index (χ3n) is 4.46. The van der Waals surface area contributed by atoms with E-state index in [-0.39, 0.29) is 24.0 Å². The van der Waals surface area contributed by atoms with Crippen molar-refractivity contribution in [2.45, 2.75) is 63.5 Å². The van der Waals surface area contributed by atoms with Crippen LogP contribution in [0.4, 0.5) is 0 Å². The number of amides is 1. The SMILES string of the molecule is O=C(O)[C@H]1CCCC[C@H]1C(=O)NC1CCC(O)CC1. The fraction of sp³-hybridized carbons (Fsp3) is 0.857. The van der Waals surface area contributed by atoms with Gasteiger partial charge < -0.3 is 15.5 Å². The quantitative estimate of drug-likeness (QED) is 0.720. The van der Waals surface area contributed by atoms with Crippen molar-refractivity contribution in [1.82, 2.24) is 5.32 Å². The Morgan fingerprint density at radius 3 is 2.05 bits per heavy atom. The molecular weight excluding hydrogens is 246 g/mol. The van der Waals surface area contributed by atoms with Crippen molar-refractivity contribution in [3.05, 3.63) is 0 Å². The Morgan fingerprint density at radius 1 is 0.895 bits per heavy atom. The van der Waals surface area contributed by atoms with Crippen LogP contribution in [0.3, 0.4) is 0 Å². The van der Waals surface area contributed by atoms with Crippen LogP contribution in [-0.2, 0) is 9.59 Å². The van der Waals surface area contributed by atoms with Gasteiger partial charge in [0, 0.05) is 6.04 Å². The van der Waals surface area contributed by atoms with E-state index in [4.69, 9.17) is 0 Å². The van der Waals surface area contributed by atoms with Gasteiger partial charge in [0.2, 0.25) is 5.91 Å². The molecule has 0 aromatic heterocycles. The van der Waals surface area contributed by atoms with Crippen LogP contribution in [0.25, 0.3) is 0 Å². The van der Waals surface area contributed by atoms with Crippen LogP contribution < -0.4 is 5.32 Å². The molecule has 0 aliphatic heterocycles. The Balaban J connectivity index is 1.89. The van der Waals surface area contributed by atoms with Crippen molar-refractivity contribution in [3.63, 3.8) is 0 Å². The number of carboxylic acid groups (broad SMARTS) is 1. The first kappa shape index (κ1) is 14.3. The number of aliphatic hydroxyl groups excluding tert-OH is 1. The highest BCUT2D eigenvalue weighted by Crippen LogP contribution is 2.31. The summed E-state index contributed by atoms with van der Waals surface area (Å²) in [5.74, 6) is -1.85. The molecule has 0 saturated heterocycles. The Labute approximate surface area is 113 Å². The lowest BCUT2D eigenvalue weighted by molar-refractivity contribution is -0.149. The number of nitrogens with one attached hydrogen (secondary N) is 1. The molecule has 2 atom stereocenters. The molecule has 0 aromatic rings. The van der Waals surface area contributed by atoms with Gasteiger partial charge in [-0.1, -0.05) is 12.8 Å². The number of carbonyl (C=O) groups is 2. The van der Waals surface area contributed by atoms with E-state index >= 15 is 0 Å². The van der Waals surface area contributed by atoms with E-state index in [2.05, 4.69) is 5.32 Å². The lowest BCUT2D eigenvalue weighted by atomic mass is 9.78. The maximum atomic E-state index is 12.2. The first-order valence-electron chi connectivity index (χ1n) is 7.29. The highest BCUT2D eigenvalue weighted by Gasteiger charge is 2.36. The summed E-state index contributed by atoms with van der Waals surface area (Å²) in [6.07, 6.45) is 5.90. The van der Waals surface area contributed by atoms with Gasteiger partial charge in [-0.2, -0.15) is 0 Å². The summed E-state index contributed by atoms with van der Waals surface area (Å²) >= 11 is 0. The first-order chi connectivity index (χ1) is 9.08. The summed E-state index contributed by atoms with van der Waals surface area (Å²) in [6, 6.07) is 0.104. The van der Waals surface area contributed by atoms with E-state index in [1.807, 2.05) is 0 Å². The fourth-order valence-corrected chi connectivity index (χ4v) is 3.27. The van der Waals surface area contributed by atoms with E-state index in [1.165, 1.54) is 0 Å². The number of hydrogen-bond donors (Lipinski definition) is 3. The van der Waals surface area contributed by atoms with E-state index in [0.29, 0.717) is 12.8 Å². The van der Waals surface area contributed by atoms with E-state index in [1.54, 1.807) is 0 Å². The molecule has 0 spiro atoms. The van der Waals surface area contributed by atoms with Crippen molar-refractivity contribution in [2.24, 2.45) is 11.8 Å². The smallest absolute Gasteiger partial charge is 0.307 e. The van der Waals surface area contributed by atoms with Crippen molar-refractivity contribution in [2.75, 3.05) is 0 Å². The highest BCUT2D eigenvalue weighted by molar-refractivity contribution is 5.85. The van der Waals surface area contributed by atoms with Crippen molar-refractivity contribution < 1.29 is 19.8 Å². The van der Waals surface area contributed by atoms with Gasteiger partial charge in [-0.25, -0.2) is 0 Å². The average molecular weight is 269 g/mol. The lowest BCUT2D eigenvalue weighted by Crippen LogP contribution is -2.45. The maximum absolute atomic E-state index is 12.2. The van der Waals surface area contributed by atoms with Gasteiger partial charge in [0.05, 0.1) is 17.9 Å². The number of rotatable bonds is 3. The van der Waals surface area contributed by atoms with Crippen molar-refractivity contribution in [1.29, 1.82) is 0 Å². The van der Waals surface area contributed by atoms with Gasteiger partial charge in [0.25, 0.3) is 0 Å². The minimum atomic E-state index is -0.848. The average Bonchev–Trinajstić information content (AvgIpc) is 2.41. The van der Waals surface area contributed by atoms with Crippen molar-refractivity contribution in [3.8, 4) is 0 Å². The van der Waals surface area contributed by atoms with Crippen LogP contribution in [0.1, 0.15) is 51.4 Å². The zero-order valence-corrected chi connectivity index (χ0v) is 11.2. The molecule has 0 radical (unpaired) electrons. The first-order valence-corrected chi connectivity index (χ1v) is 7.29. The van der Waals surface area contributed by atoms with Crippen LogP contribution in [-0.4, -0.2) is 34.2 Å². The molecular formula is C14H23NO4. The summed E-state index contributed by atoms with van der Waals surface area (Å²) in [7, 11) is 0. The fourth-order valence-electron chi connectivity index (χ4n) is 3.27. The molecule has 0 aromatic carbocycles. The van der Waals surface area contributed by atoms with E-state index < -0.39 is 11.9 Å². The zero-order valence-electron chi connectivity index (χ0n) is 11.2. The van der Waals surface area contributed by atoms with Crippen LogP contribution in [0.2, 0.25) is 0 Å². The van der Waals surface area contributed by atoms with E-state index in [0.717, 1.165) is 38.5 Å². The minimum absolute atomic E-state index is 0.103. The molecule has 2 saturated carbocycles. The second-order valence-electron chi connectivity index (χ2n) is 5.85. The Morgan fingerprint density at radius 2 is 1.47 bits per heavy atom. The van der Waals surface area contributed by atoms with Gasteiger partial charge in [-0.15, -0.1) is 0 Å². The van der Waals surface area contributed by atoms with Crippen molar-refractivity contribution >= 4 is 11.9 Å². The molecule has 0 heterocycles. The predicted octanol–water partition coefficient (Wildman–Crippen LogP) is 1.30. The number of carboxylic acids is 1. The molecule has 3 N–H and O–H groups in total. The second-order valence-corrected chi connectivity index (χ2v) is 5.85. The topological polar surface area (TPSA) is 86.6 Å². The zero-order chi connectivity index (χ0) is 13.8. The molecule has 0 unspecified atom stereocenters. The summed E-state index contributed by atoms with van der Waals surface area (Å²) in [5, 5.41) is 21.6. The summed E-state index contributed by atoms with van der Waals surface area (Å²) in [5.41, 5.74) is 0. The Bertz CT molecular complexity index is 336. The molecule has 5 heteroatoms. The van der Waals surface area contributed by atoms with Crippen LogP contribution in [0, 0.1) is 11.8 Å². The highest BCUT2D eigenvalue weighted by atomic mass is 16.4. The van der Waals surface area contributed by atoms with Crippen LogP contribution in [0.15, 0.2) is 0 Å². The van der Waals surface area contributed by atoms with Gasteiger partial charge in [0.15, 0.2) is 0 Å². The molecule has 19 heavy (non-hydrogen) atoms. The predicted molar refractivity (Wildman–Crippen MR) is 69.5 cm³/mol. The summed E-state index contributed by atoms with van der Waals surface area (Å²) < 4.78 is 0. The summed E-state index contributed by atoms with van der Waals surface area (Å²) in [6.45, 7) is 0. The molecule has 1 amide bonds. The third kappa shape index (κ3) is 3.69. The Kier molecular flexibility index (Phi) is 4.80. The van der Waals surface area contributed by atoms with Gasteiger partial charge >= 0.3 is 5.97 Å². The molecule has 2 aliphatic rings. The number of hydrogen-bond acceptors (Lipinski definition) is 3. The standard InChI is InChI=1S/C14H23NO4/c16-10-7-5-9(6-8-10)15-13(17)11-3-1-2-4-12(11)14(18)19/h9-12,16H,1-8H2,(H,15,17)(H,18,19)/t9?,10?,11-,12+/m1/s1. The normalized spacial score (nSPS) is 35.6. The van der Waals surface area contributed by atoms with Crippen LogP contribution >= 0.6 is 0 Å². The van der Waals surface area contributed by atoms with Gasteiger partial charge in [0.1, 0.15) is 0 Å². The van der Waals surface area contributed by atoms with Gasteiger partial charge in [-0.3, -0.25) is 9.59 Å². The molecule has 5 nitrogen and oxygen atoms in total. The Hall–Kier alpha value is -1.10. The third-order valence-corrected chi connectivity index (χ3v) is 4.46. The molecule has 2 rings (SSSR count). The van der Waals surface area contributed by atoms with Gasteiger partial charge in [-0.05, 0) is 38.5 Å². The minimum Gasteiger partial charge on any atom is -0.481 e. The maximum Gasteiger partial charge on any atom is 0.307 e.